The van der Waals surface area contributed by atoms with Crippen LogP contribution in [0.4, 0.5) is 11.4 Å². The molecule has 6 nitrogen and oxygen atoms in total. The van der Waals surface area contributed by atoms with E-state index in [-0.39, 0.29) is 22.4 Å². The van der Waals surface area contributed by atoms with Gasteiger partial charge in [0.25, 0.3) is 11.6 Å². The van der Waals surface area contributed by atoms with Gasteiger partial charge in [-0.25, -0.2) is 0 Å². The molecule has 1 N–H and O–H groups in total. The van der Waals surface area contributed by atoms with Gasteiger partial charge >= 0.3 is 0 Å². The molecule has 1 fully saturated rings. The van der Waals surface area contributed by atoms with Crippen molar-refractivity contribution in [2.45, 2.75) is 13.8 Å². The Balaban J connectivity index is 1.98. The lowest BCUT2D eigenvalue weighted by Gasteiger charge is -2.16. The van der Waals surface area contributed by atoms with Crippen molar-refractivity contribution in [2.75, 3.05) is 4.90 Å². The highest BCUT2D eigenvalue weighted by Crippen LogP contribution is 2.26. The molecule has 1 saturated heterocycles. The van der Waals surface area contributed by atoms with Crippen molar-refractivity contribution < 1.29 is 9.72 Å². The lowest BCUT2D eigenvalue weighted by Crippen LogP contribution is -2.30. The second-order valence-electron chi connectivity index (χ2n) is 5.72. The number of hydrogen-bond donors (Lipinski definition) is 1. The standard InChI is InChI=1S/C18H15N3O3S/c1-11-5-3-4-6-15(11)20-17(22)14(19-18(20)25)9-13-8-7-12(2)16(10-13)21(23)24/h3-10H,1-2H3,(H,19,25)/b14-9+. The molecule has 1 heterocycles. The maximum atomic E-state index is 12.7. The minimum Gasteiger partial charge on any atom is -0.327 e. The number of amides is 1. The molecule has 3 rings (SSSR count). The average Bonchev–Trinajstić information content (AvgIpc) is 2.84. The first-order valence-corrected chi connectivity index (χ1v) is 7.97. The van der Waals surface area contributed by atoms with Gasteiger partial charge in [-0.2, -0.15) is 0 Å². The molecule has 0 unspecified atom stereocenters. The number of aryl methyl sites for hydroxylation is 2. The molecule has 2 aromatic carbocycles. The maximum absolute atomic E-state index is 12.7. The number of carbonyl (C=O) groups is 1. The summed E-state index contributed by atoms with van der Waals surface area (Å²) in [4.78, 5) is 24.8. The Morgan fingerprint density at radius 2 is 1.88 bits per heavy atom. The molecule has 1 amide bonds. The van der Waals surface area contributed by atoms with E-state index in [0.717, 1.165) is 5.56 Å². The number of nitro groups is 1. The maximum Gasteiger partial charge on any atom is 0.281 e. The number of nitrogens with one attached hydrogen (secondary N) is 1. The first-order chi connectivity index (χ1) is 11.9. The molecule has 7 heteroatoms. The molecule has 1 aliphatic heterocycles. The number of para-hydroxylation sites is 1. The van der Waals surface area contributed by atoms with E-state index in [0.29, 0.717) is 16.8 Å². The normalized spacial score (nSPS) is 15.6. The summed E-state index contributed by atoms with van der Waals surface area (Å²) in [6, 6.07) is 12.3. The summed E-state index contributed by atoms with van der Waals surface area (Å²) in [7, 11) is 0. The van der Waals surface area contributed by atoms with Gasteiger partial charge in [0, 0.05) is 11.6 Å². The average molecular weight is 353 g/mol. The predicted molar refractivity (Wildman–Crippen MR) is 100 cm³/mol. The SMILES string of the molecule is Cc1ccccc1N1C(=O)/C(=C\c2ccc(C)c([N+](=O)[O-])c2)NC1=S. The third kappa shape index (κ3) is 3.14. The van der Waals surface area contributed by atoms with Crippen LogP contribution in [-0.4, -0.2) is 15.9 Å². The highest BCUT2D eigenvalue weighted by Gasteiger charge is 2.32. The van der Waals surface area contributed by atoms with E-state index in [1.807, 2.05) is 31.2 Å². The van der Waals surface area contributed by atoms with Crippen LogP contribution in [0.25, 0.3) is 6.08 Å². The molecule has 0 aromatic heterocycles. The Labute approximate surface area is 149 Å². The second kappa shape index (κ2) is 6.45. The van der Waals surface area contributed by atoms with E-state index in [1.54, 1.807) is 25.1 Å². The van der Waals surface area contributed by atoms with Crippen LogP contribution in [0, 0.1) is 24.0 Å². The molecule has 126 valence electrons. The van der Waals surface area contributed by atoms with Gasteiger partial charge in [-0.1, -0.05) is 30.3 Å². The quantitative estimate of drug-likeness (QED) is 0.396. The fourth-order valence-corrected chi connectivity index (χ4v) is 2.94. The van der Waals surface area contributed by atoms with Crippen molar-refractivity contribution in [1.82, 2.24) is 5.32 Å². The molecule has 0 aliphatic carbocycles. The third-order valence-electron chi connectivity index (χ3n) is 3.98. The van der Waals surface area contributed by atoms with Crippen LogP contribution in [0.15, 0.2) is 48.2 Å². The Morgan fingerprint density at radius 1 is 1.16 bits per heavy atom. The van der Waals surface area contributed by atoms with E-state index in [2.05, 4.69) is 5.32 Å². The monoisotopic (exact) mass is 353 g/mol. The highest BCUT2D eigenvalue weighted by atomic mass is 32.1. The zero-order valence-corrected chi connectivity index (χ0v) is 14.5. The first kappa shape index (κ1) is 16.8. The highest BCUT2D eigenvalue weighted by molar-refractivity contribution is 7.80. The van der Waals surface area contributed by atoms with Crippen LogP contribution in [0.1, 0.15) is 16.7 Å². The molecule has 0 radical (unpaired) electrons. The van der Waals surface area contributed by atoms with Crippen LogP contribution in [0.3, 0.4) is 0 Å². The van der Waals surface area contributed by atoms with Gasteiger partial charge in [-0.15, -0.1) is 0 Å². The number of nitro benzene ring substituents is 1. The van der Waals surface area contributed by atoms with E-state index < -0.39 is 4.92 Å². The van der Waals surface area contributed by atoms with Crippen LogP contribution in [-0.2, 0) is 4.79 Å². The Hall–Kier alpha value is -3.06. The summed E-state index contributed by atoms with van der Waals surface area (Å²) >= 11 is 5.29. The van der Waals surface area contributed by atoms with Gasteiger partial charge in [0.2, 0.25) is 0 Å². The lowest BCUT2D eigenvalue weighted by molar-refractivity contribution is -0.385. The van der Waals surface area contributed by atoms with Crippen LogP contribution < -0.4 is 10.2 Å². The number of nitrogens with zero attached hydrogens (tertiary/aromatic N) is 2. The molecule has 0 bridgehead atoms. The number of hydrogen-bond acceptors (Lipinski definition) is 4. The van der Waals surface area contributed by atoms with Crippen molar-refractivity contribution in [3.05, 3.63) is 75.0 Å². The number of benzene rings is 2. The van der Waals surface area contributed by atoms with Crippen LogP contribution in [0.2, 0.25) is 0 Å². The molecule has 0 atom stereocenters. The van der Waals surface area contributed by atoms with Gasteiger partial charge in [-0.3, -0.25) is 19.8 Å². The largest absolute Gasteiger partial charge is 0.327 e. The molecule has 2 aromatic rings. The van der Waals surface area contributed by atoms with E-state index in [9.17, 15) is 14.9 Å². The lowest BCUT2D eigenvalue weighted by atomic mass is 10.1. The topological polar surface area (TPSA) is 75.5 Å². The van der Waals surface area contributed by atoms with Crippen molar-refractivity contribution in [1.29, 1.82) is 0 Å². The summed E-state index contributed by atoms with van der Waals surface area (Å²) in [6.45, 7) is 3.57. The van der Waals surface area contributed by atoms with Gasteiger partial charge < -0.3 is 5.32 Å². The van der Waals surface area contributed by atoms with E-state index >= 15 is 0 Å². The van der Waals surface area contributed by atoms with Crippen molar-refractivity contribution in [3.63, 3.8) is 0 Å². The number of rotatable bonds is 3. The molecule has 0 spiro atoms. The van der Waals surface area contributed by atoms with Gasteiger partial charge in [0.1, 0.15) is 5.70 Å². The zero-order valence-electron chi connectivity index (χ0n) is 13.6. The van der Waals surface area contributed by atoms with Crippen molar-refractivity contribution in [3.8, 4) is 0 Å². The molecular formula is C18H15N3O3S. The number of anilines is 1. The summed E-state index contributed by atoms with van der Waals surface area (Å²) < 4.78 is 0. The van der Waals surface area contributed by atoms with Gasteiger partial charge in [0.15, 0.2) is 5.11 Å². The summed E-state index contributed by atoms with van der Waals surface area (Å²) in [5.41, 5.74) is 3.05. The molecule has 0 saturated carbocycles. The number of carbonyl (C=O) groups excluding carboxylic acids is 1. The zero-order chi connectivity index (χ0) is 18.1. The summed E-state index contributed by atoms with van der Waals surface area (Å²) in [5, 5.41) is 14.3. The Kier molecular flexibility index (Phi) is 4.33. The van der Waals surface area contributed by atoms with Gasteiger partial charge in [0.05, 0.1) is 10.6 Å². The smallest absolute Gasteiger partial charge is 0.281 e. The molecule has 1 aliphatic rings. The van der Waals surface area contributed by atoms with Crippen LogP contribution in [0.5, 0.6) is 0 Å². The second-order valence-corrected chi connectivity index (χ2v) is 6.10. The Morgan fingerprint density at radius 3 is 2.56 bits per heavy atom. The predicted octanol–water partition coefficient (Wildman–Crippen LogP) is 3.47. The molecule has 25 heavy (non-hydrogen) atoms. The summed E-state index contributed by atoms with van der Waals surface area (Å²) in [6.07, 6.45) is 1.57. The third-order valence-corrected chi connectivity index (χ3v) is 4.26. The van der Waals surface area contributed by atoms with Gasteiger partial charge in [-0.05, 0) is 49.3 Å². The fourth-order valence-electron chi connectivity index (χ4n) is 2.65. The molecular weight excluding hydrogens is 338 g/mol. The minimum atomic E-state index is -0.439. The first-order valence-electron chi connectivity index (χ1n) is 7.56. The van der Waals surface area contributed by atoms with E-state index in [1.165, 1.54) is 11.0 Å². The Bertz CT molecular complexity index is 937. The summed E-state index contributed by atoms with van der Waals surface area (Å²) in [5.74, 6) is -0.289. The van der Waals surface area contributed by atoms with E-state index in [4.69, 9.17) is 12.2 Å². The van der Waals surface area contributed by atoms with Crippen molar-refractivity contribution in [2.24, 2.45) is 0 Å². The van der Waals surface area contributed by atoms with Crippen molar-refractivity contribution >= 4 is 40.7 Å². The fraction of sp³-hybridized carbons (Fsp3) is 0.111. The van der Waals surface area contributed by atoms with Crippen LogP contribution >= 0.6 is 12.2 Å². The minimum absolute atomic E-state index is 0.0122. The number of thiocarbonyl (C=S) groups is 1.